The van der Waals surface area contributed by atoms with E-state index in [-0.39, 0.29) is 6.04 Å². The van der Waals surface area contributed by atoms with Crippen molar-refractivity contribution < 1.29 is 0 Å². The van der Waals surface area contributed by atoms with Crippen molar-refractivity contribution in [2.45, 2.75) is 63.8 Å². The van der Waals surface area contributed by atoms with Crippen LogP contribution < -0.4 is 5.73 Å². The minimum absolute atomic E-state index is 0.0907. The van der Waals surface area contributed by atoms with E-state index in [1.807, 2.05) is 0 Å². The molecular weight excluding hydrogens is 244 g/mol. The lowest BCUT2D eigenvalue weighted by Gasteiger charge is -2.56. The molecule has 4 saturated carbocycles. The third kappa shape index (κ3) is 1.84. The van der Waals surface area contributed by atoms with Gasteiger partial charge in [-0.15, -0.1) is 0 Å². The Morgan fingerprint density at radius 1 is 1.10 bits per heavy atom. The van der Waals surface area contributed by atoms with Crippen LogP contribution in [0.15, 0.2) is 12.1 Å². The monoisotopic (exact) mass is 270 g/mol. The van der Waals surface area contributed by atoms with Gasteiger partial charge < -0.3 is 5.73 Å². The third-order valence-electron chi connectivity index (χ3n) is 6.20. The first-order valence-electron chi connectivity index (χ1n) is 8.29. The van der Waals surface area contributed by atoms with Crippen molar-refractivity contribution in [1.82, 2.24) is 4.98 Å². The number of hydrogen-bond donors (Lipinski definition) is 1. The highest BCUT2D eigenvalue weighted by Crippen LogP contribution is 2.60. The summed E-state index contributed by atoms with van der Waals surface area (Å²) in [6.07, 6.45) is 8.66. The molecule has 5 rings (SSSR count). The van der Waals surface area contributed by atoms with Crippen LogP contribution in [0.4, 0.5) is 0 Å². The second-order valence-corrected chi connectivity index (χ2v) is 7.86. The third-order valence-corrected chi connectivity index (χ3v) is 6.20. The van der Waals surface area contributed by atoms with Gasteiger partial charge in [0.15, 0.2) is 0 Å². The lowest BCUT2D eigenvalue weighted by atomic mass is 9.49. The van der Waals surface area contributed by atoms with Gasteiger partial charge in [-0.25, -0.2) is 0 Å². The van der Waals surface area contributed by atoms with Crippen molar-refractivity contribution in [3.8, 4) is 0 Å². The summed E-state index contributed by atoms with van der Waals surface area (Å²) in [6.45, 7) is 4.18. The van der Waals surface area contributed by atoms with Crippen LogP contribution in [0.3, 0.4) is 0 Å². The molecule has 4 aliphatic carbocycles. The summed E-state index contributed by atoms with van der Waals surface area (Å²) in [7, 11) is 0. The van der Waals surface area contributed by atoms with E-state index in [0.29, 0.717) is 5.41 Å². The molecule has 0 spiro atoms. The zero-order chi connectivity index (χ0) is 13.9. The van der Waals surface area contributed by atoms with Crippen LogP contribution in [-0.4, -0.2) is 4.98 Å². The Kier molecular flexibility index (Phi) is 2.76. The zero-order valence-corrected chi connectivity index (χ0v) is 12.7. The van der Waals surface area contributed by atoms with E-state index >= 15 is 0 Å². The summed E-state index contributed by atoms with van der Waals surface area (Å²) in [6, 6.07) is 4.62. The summed E-state index contributed by atoms with van der Waals surface area (Å²) in [5.74, 6) is 2.95. The standard InChI is InChI=1S/C18H26N2/c1-11(19)16-3-4-17(20-12(16)2)18-8-13-5-14(9-18)7-15(6-13)10-18/h3-4,11,13-15H,5-10,19H2,1-2H3. The number of pyridine rings is 1. The van der Waals surface area contributed by atoms with E-state index in [9.17, 15) is 0 Å². The van der Waals surface area contributed by atoms with Crippen LogP contribution >= 0.6 is 0 Å². The molecule has 1 unspecified atom stereocenters. The van der Waals surface area contributed by atoms with Crippen LogP contribution in [0.1, 0.15) is 68.4 Å². The van der Waals surface area contributed by atoms with E-state index in [4.69, 9.17) is 10.7 Å². The Balaban J connectivity index is 1.72. The molecule has 20 heavy (non-hydrogen) atoms. The predicted octanol–water partition coefficient (Wildman–Crippen LogP) is 3.88. The average molecular weight is 270 g/mol. The van der Waals surface area contributed by atoms with Crippen molar-refractivity contribution in [2.24, 2.45) is 23.5 Å². The maximum atomic E-state index is 6.03. The number of nitrogens with two attached hydrogens (primary N) is 1. The van der Waals surface area contributed by atoms with Crippen molar-refractivity contribution >= 4 is 0 Å². The second kappa shape index (κ2) is 4.30. The smallest absolute Gasteiger partial charge is 0.0469 e. The van der Waals surface area contributed by atoms with Crippen LogP contribution in [0, 0.1) is 24.7 Å². The zero-order valence-electron chi connectivity index (χ0n) is 12.7. The normalized spacial score (nSPS) is 40.0. The molecule has 1 aromatic rings. The van der Waals surface area contributed by atoms with Gasteiger partial charge >= 0.3 is 0 Å². The summed E-state index contributed by atoms with van der Waals surface area (Å²) in [4.78, 5) is 5.00. The molecule has 2 heteroatoms. The Labute approximate surface area is 122 Å². The molecule has 1 aromatic heterocycles. The minimum Gasteiger partial charge on any atom is -0.324 e. The SMILES string of the molecule is Cc1nc(C23CC4CC(CC(C4)C2)C3)ccc1C(C)N. The number of aryl methyl sites for hydroxylation is 1. The predicted molar refractivity (Wildman–Crippen MR) is 81.4 cm³/mol. The quantitative estimate of drug-likeness (QED) is 0.885. The van der Waals surface area contributed by atoms with Crippen molar-refractivity contribution in [1.29, 1.82) is 0 Å². The molecular formula is C18H26N2. The van der Waals surface area contributed by atoms with Crippen molar-refractivity contribution in [3.63, 3.8) is 0 Å². The molecule has 0 aromatic carbocycles. The molecule has 1 heterocycles. The maximum Gasteiger partial charge on any atom is 0.0469 e. The number of rotatable bonds is 2. The van der Waals surface area contributed by atoms with Crippen LogP contribution in [0.5, 0.6) is 0 Å². The molecule has 0 radical (unpaired) electrons. The summed E-state index contributed by atoms with van der Waals surface area (Å²) in [5, 5.41) is 0. The van der Waals surface area contributed by atoms with Gasteiger partial charge in [0.05, 0.1) is 0 Å². The average Bonchev–Trinajstić information content (AvgIpc) is 2.36. The Hall–Kier alpha value is -0.890. The fraction of sp³-hybridized carbons (Fsp3) is 0.722. The van der Waals surface area contributed by atoms with E-state index < -0.39 is 0 Å². The maximum absolute atomic E-state index is 6.03. The van der Waals surface area contributed by atoms with Gasteiger partial charge in [0, 0.05) is 22.8 Å². The highest BCUT2D eigenvalue weighted by atomic mass is 14.8. The topological polar surface area (TPSA) is 38.9 Å². The Morgan fingerprint density at radius 3 is 2.10 bits per heavy atom. The Morgan fingerprint density at radius 2 is 1.65 bits per heavy atom. The first-order valence-corrected chi connectivity index (χ1v) is 8.29. The van der Waals surface area contributed by atoms with Crippen LogP contribution in [0.25, 0.3) is 0 Å². The van der Waals surface area contributed by atoms with Crippen molar-refractivity contribution in [3.05, 3.63) is 29.1 Å². The number of hydrogen-bond acceptors (Lipinski definition) is 2. The molecule has 108 valence electrons. The van der Waals surface area contributed by atoms with Gasteiger partial charge in [-0.05, 0) is 81.8 Å². The molecule has 2 N–H and O–H groups in total. The molecule has 1 atom stereocenters. The fourth-order valence-electron chi connectivity index (χ4n) is 5.77. The fourth-order valence-corrected chi connectivity index (χ4v) is 5.77. The molecule has 0 aliphatic heterocycles. The van der Waals surface area contributed by atoms with Gasteiger partial charge in [-0.1, -0.05) is 6.07 Å². The summed E-state index contributed by atoms with van der Waals surface area (Å²) >= 11 is 0. The molecule has 4 fully saturated rings. The lowest BCUT2D eigenvalue weighted by Crippen LogP contribution is -2.49. The Bertz CT molecular complexity index is 497. The van der Waals surface area contributed by atoms with Crippen LogP contribution in [-0.2, 0) is 5.41 Å². The minimum atomic E-state index is 0.0907. The van der Waals surface area contributed by atoms with E-state index in [1.165, 1.54) is 49.8 Å². The van der Waals surface area contributed by atoms with Gasteiger partial charge in [-0.3, -0.25) is 4.98 Å². The van der Waals surface area contributed by atoms with Gasteiger partial charge in [-0.2, -0.15) is 0 Å². The lowest BCUT2D eigenvalue weighted by molar-refractivity contribution is -0.00727. The number of nitrogens with zero attached hydrogens (tertiary/aromatic N) is 1. The van der Waals surface area contributed by atoms with Crippen LogP contribution in [0.2, 0.25) is 0 Å². The van der Waals surface area contributed by atoms with Gasteiger partial charge in [0.1, 0.15) is 0 Å². The van der Waals surface area contributed by atoms with E-state index in [0.717, 1.165) is 23.4 Å². The van der Waals surface area contributed by atoms with Gasteiger partial charge in [0.25, 0.3) is 0 Å². The molecule has 0 saturated heterocycles. The van der Waals surface area contributed by atoms with Crippen molar-refractivity contribution in [2.75, 3.05) is 0 Å². The second-order valence-electron chi connectivity index (χ2n) is 7.86. The highest BCUT2D eigenvalue weighted by molar-refractivity contribution is 5.30. The van der Waals surface area contributed by atoms with E-state index in [1.54, 1.807) is 0 Å². The van der Waals surface area contributed by atoms with E-state index in [2.05, 4.69) is 26.0 Å². The molecule has 2 nitrogen and oxygen atoms in total. The highest BCUT2D eigenvalue weighted by Gasteiger charge is 2.52. The number of aromatic nitrogens is 1. The first-order chi connectivity index (χ1) is 9.56. The molecule has 4 aliphatic rings. The van der Waals surface area contributed by atoms with Gasteiger partial charge in [0.2, 0.25) is 0 Å². The molecule has 0 amide bonds. The largest absolute Gasteiger partial charge is 0.324 e. The summed E-state index contributed by atoms with van der Waals surface area (Å²) < 4.78 is 0. The first kappa shape index (κ1) is 12.8. The molecule has 4 bridgehead atoms. The summed E-state index contributed by atoms with van der Waals surface area (Å²) in [5.41, 5.74) is 10.2.